The minimum absolute atomic E-state index is 0.194. The highest BCUT2D eigenvalue weighted by Crippen LogP contribution is 2.19. The highest BCUT2D eigenvalue weighted by Gasteiger charge is 2.08. The fourth-order valence-corrected chi connectivity index (χ4v) is 1.86. The van der Waals surface area contributed by atoms with Gasteiger partial charge >= 0.3 is 0 Å². The molecule has 0 aliphatic carbocycles. The maximum atomic E-state index is 8.73. The number of nitrogens with one attached hydrogen (secondary N) is 1. The largest absolute Gasteiger partial charge is 0.490 e. The van der Waals surface area contributed by atoms with Crippen LogP contribution in [-0.2, 0) is 0 Å². The fraction of sp³-hybridized carbons (Fsp3) is 0.600. The summed E-state index contributed by atoms with van der Waals surface area (Å²) in [4.78, 5) is 0. The summed E-state index contributed by atoms with van der Waals surface area (Å²) in [5, 5.41) is 12.0. The van der Waals surface area contributed by atoms with Crippen LogP contribution >= 0.6 is 0 Å². The first-order valence-electron chi connectivity index (χ1n) is 6.70. The van der Waals surface area contributed by atoms with Gasteiger partial charge in [0.25, 0.3) is 0 Å². The maximum absolute atomic E-state index is 8.73. The summed E-state index contributed by atoms with van der Waals surface area (Å²) in [5.41, 5.74) is 1.18. The number of aliphatic hydroxyl groups excluding tert-OH is 1. The molecule has 102 valence electrons. The lowest BCUT2D eigenvalue weighted by molar-refractivity contribution is 0.200. The SMILES string of the molecule is Cc1ccccc1OC(C)CCC(C)NCCO. The van der Waals surface area contributed by atoms with E-state index in [2.05, 4.69) is 32.2 Å². The van der Waals surface area contributed by atoms with Crippen LogP contribution in [0.4, 0.5) is 0 Å². The third kappa shape index (κ3) is 5.52. The first kappa shape index (κ1) is 15.0. The summed E-state index contributed by atoms with van der Waals surface area (Å²) >= 11 is 0. The predicted molar refractivity (Wildman–Crippen MR) is 75.1 cm³/mol. The number of ether oxygens (including phenoxy) is 1. The molecule has 0 amide bonds. The number of rotatable bonds is 8. The lowest BCUT2D eigenvalue weighted by atomic mass is 10.1. The Bertz CT molecular complexity index is 341. The number of hydrogen-bond acceptors (Lipinski definition) is 3. The van der Waals surface area contributed by atoms with Crippen LogP contribution in [0, 0.1) is 6.92 Å². The molecule has 3 heteroatoms. The number of aryl methyl sites for hydroxylation is 1. The Morgan fingerprint density at radius 3 is 2.61 bits per heavy atom. The maximum Gasteiger partial charge on any atom is 0.122 e. The molecule has 1 rings (SSSR count). The van der Waals surface area contributed by atoms with E-state index in [0.29, 0.717) is 12.6 Å². The van der Waals surface area contributed by atoms with Gasteiger partial charge in [0.1, 0.15) is 5.75 Å². The van der Waals surface area contributed by atoms with E-state index in [4.69, 9.17) is 9.84 Å². The number of hydrogen-bond donors (Lipinski definition) is 2. The summed E-state index contributed by atoms with van der Waals surface area (Å²) in [6.45, 7) is 7.16. The molecule has 0 aromatic heterocycles. The van der Waals surface area contributed by atoms with Crippen molar-refractivity contribution in [3.05, 3.63) is 29.8 Å². The molecule has 0 heterocycles. The average molecular weight is 251 g/mol. The van der Waals surface area contributed by atoms with Gasteiger partial charge in [-0.3, -0.25) is 0 Å². The van der Waals surface area contributed by atoms with Crippen LogP contribution in [0.15, 0.2) is 24.3 Å². The Kier molecular flexibility index (Phi) is 6.76. The van der Waals surface area contributed by atoms with Gasteiger partial charge in [-0.2, -0.15) is 0 Å². The van der Waals surface area contributed by atoms with Crippen molar-refractivity contribution < 1.29 is 9.84 Å². The van der Waals surface area contributed by atoms with E-state index in [-0.39, 0.29) is 12.7 Å². The first-order chi connectivity index (χ1) is 8.63. The highest BCUT2D eigenvalue weighted by molar-refractivity contribution is 5.31. The van der Waals surface area contributed by atoms with Crippen molar-refractivity contribution in [3.63, 3.8) is 0 Å². The minimum Gasteiger partial charge on any atom is -0.490 e. The van der Waals surface area contributed by atoms with Crippen molar-refractivity contribution in [2.24, 2.45) is 0 Å². The second-order valence-corrected chi connectivity index (χ2v) is 4.85. The molecule has 0 saturated heterocycles. The third-order valence-electron chi connectivity index (χ3n) is 3.03. The van der Waals surface area contributed by atoms with Crippen molar-refractivity contribution in [2.45, 2.75) is 45.8 Å². The molecule has 2 unspecified atom stereocenters. The standard InChI is InChI=1S/C15H25NO2/c1-12-6-4-5-7-15(12)18-14(3)9-8-13(2)16-10-11-17/h4-7,13-14,16-17H,8-11H2,1-3H3. The Morgan fingerprint density at radius 2 is 1.94 bits per heavy atom. The van der Waals surface area contributed by atoms with E-state index in [0.717, 1.165) is 18.6 Å². The van der Waals surface area contributed by atoms with Crippen molar-refractivity contribution in [2.75, 3.05) is 13.2 Å². The normalized spacial score (nSPS) is 14.2. The van der Waals surface area contributed by atoms with Crippen molar-refractivity contribution >= 4 is 0 Å². The number of para-hydroxylation sites is 1. The van der Waals surface area contributed by atoms with Gasteiger partial charge in [0.2, 0.25) is 0 Å². The van der Waals surface area contributed by atoms with Crippen LogP contribution in [0.25, 0.3) is 0 Å². The Labute approximate surface area is 110 Å². The fourth-order valence-electron chi connectivity index (χ4n) is 1.86. The first-order valence-corrected chi connectivity index (χ1v) is 6.70. The molecule has 0 fully saturated rings. The van der Waals surface area contributed by atoms with Crippen LogP contribution in [0.1, 0.15) is 32.3 Å². The van der Waals surface area contributed by atoms with E-state index >= 15 is 0 Å². The molecule has 0 bridgehead atoms. The molecule has 1 aromatic rings. The van der Waals surface area contributed by atoms with Crippen LogP contribution in [0.3, 0.4) is 0 Å². The second-order valence-electron chi connectivity index (χ2n) is 4.85. The lowest BCUT2D eigenvalue weighted by Gasteiger charge is -2.19. The molecule has 2 atom stereocenters. The summed E-state index contributed by atoms with van der Waals surface area (Å²) in [5.74, 6) is 0.973. The van der Waals surface area contributed by atoms with E-state index in [1.807, 2.05) is 18.2 Å². The third-order valence-corrected chi connectivity index (χ3v) is 3.03. The zero-order valence-corrected chi connectivity index (χ0v) is 11.6. The molecule has 0 aliphatic heterocycles. The molecular weight excluding hydrogens is 226 g/mol. The Hall–Kier alpha value is -1.06. The predicted octanol–water partition coefficient (Wildman–Crippen LogP) is 2.51. The molecular formula is C15H25NO2. The number of aliphatic hydroxyl groups is 1. The average Bonchev–Trinajstić information content (AvgIpc) is 2.36. The van der Waals surface area contributed by atoms with Crippen molar-refractivity contribution in [1.29, 1.82) is 0 Å². The topological polar surface area (TPSA) is 41.5 Å². The summed E-state index contributed by atoms with van der Waals surface area (Å²) < 4.78 is 5.92. The monoisotopic (exact) mass is 251 g/mol. The van der Waals surface area contributed by atoms with Crippen LogP contribution in [-0.4, -0.2) is 30.4 Å². The summed E-state index contributed by atoms with van der Waals surface area (Å²) in [6, 6.07) is 8.51. The summed E-state index contributed by atoms with van der Waals surface area (Å²) in [6.07, 6.45) is 2.27. The molecule has 3 nitrogen and oxygen atoms in total. The van der Waals surface area contributed by atoms with E-state index in [1.54, 1.807) is 0 Å². The quantitative estimate of drug-likeness (QED) is 0.746. The van der Waals surface area contributed by atoms with Crippen molar-refractivity contribution in [1.82, 2.24) is 5.32 Å². The smallest absolute Gasteiger partial charge is 0.122 e. The summed E-state index contributed by atoms with van der Waals surface area (Å²) in [7, 11) is 0. The van der Waals surface area contributed by atoms with Crippen LogP contribution in [0.2, 0.25) is 0 Å². The van der Waals surface area contributed by atoms with Gasteiger partial charge in [-0.25, -0.2) is 0 Å². The zero-order chi connectivity index (χ0) is 13.4. The van der Waals surface area contributed by atoms with Crippen LogP contribution < -0.4 is 10.1 Å². The second kappa shape index (κ2) is 8.11. The van der Waals surface area contributed by atoms with Gasteiger partial charge in [0.15, 0.2) is 0 Å². The molecule has 2 N–H and O–H groups in total. The molecule has 18 heavy (non-hydrogen) atoms. The minimum atomic E-state index is 0.194. The van der Waals surface area contributed by atoms with Crippen LogP contribution in [0.5, 0.6) is 5.75 Å². The molecule has 0 saturated carbocycles. The molecule has 0 radical (unpaired) electrons. The van der Waals surface area contributed by atoms with Gasteiger partial charge in [-0.05, 0) is 45.2 Å². The van der Waals surface area contributed by atoms with Gasteiger partial charge in [0.05, 0.1) is 12.7 Å². The lowest BCUT2D eigenvalue weighted by Crippen LogP contribution is -2.30. The van der Waals surface area contributed by atoms with E-state index in [9.17, 15) is 0 Å². The Morgan fingerprint density at radius 1 is 1.22 bits per heavy atom. The number of benzene rings is 1. The highest BCUT2D eigenvalue weighted by atomic mass is 16.5. The van der Waals surface area contributed by atoms with Gasteiger partial charge in [-0.15, -0.1) is 0 Å². The van der Waals surface area contributed by atoms with Gasteiger partial charge in [0, 0.05) is 12.6 Å². The molecule has 1 aromatic carbocycles. The van der Waals surface area contributed by atoms with Crippen molar-refractivity contribution in [3.8, 4) is 5.75 Å². The van der Waals surface area contributed by atoms with Gasteiger partial charge in [-0.1, -0.05) is 18.2 Å². The van der Waals surface area contributed by atoms with Gasteiger partial charge < -0.3 is 15.2 Å². The zero-order valence-electron chi connectivity index (χ0n) is 11.6. The van der Waals surface area contributed by atoms with E-state index < -0.39 is 0 Å². The van der Waals surface area contributed by atoms with E-state index in [1.165, 1.54) is 5.56 Å². The Balaban J connectivity index is 2.29. The molecule has 0 aliphatic rings. The molecule has 0 spiro atoms.